The number of nitrogens with one attached hydrogen (secondary N) is 1. The first kappa shape index (κ1) is 20.9. The molecule has 0 fully saturated rings. The minimum atomic E-state index is -0.519. The van der Waals surface area contributed by atoms with E-state index in [0.717, 1.165) is 10.4 Å². The maximum Gasteiger partial charge on any atom is 0.271 e. The van der Waals surface area contributed by atoms with Crippen LogP contribution in [-0.4, -0.2) is 20.4 Å². The van der Waals surface area contributed by atoms with Gasteiger partial charge in [0.05, 0.1) is 16.0 Å². The SMILES string of the molecule is CCc1nc2scc(-c3cccs3)c2c(=O)n1CC(=O)Nc1cc([N+](=O)[O-])ccc1C. The van der Waals surface area contributed by atoms with Gasteiger partial charge < -0.3 is 5.32 Å². The molecule has 0 aliphatic rings. The van der Waals surface area contributed by atoms with Gasteiger partial charge >= 0.3 is 0 Å². The summed E-state index contributed by atoms with van der Waals surface area (Å²) in [5, 5.41) is 18.1. The number of hydrogen-bond acceptors (Lipinski definition) is 7. The van der Waals surface area contributed by atoms with Gasteiger partial charge in [0.15, 0.2) is 0 Å². The van der Waals surface area contributed by atoms with Crippen molar-refractivity contribution in [2.75, 3.05) is 5.32 Å². The van der Waals surface area contributed by atoms with E-state index in [4.69, 9.17) is 0 Å². The molecular formula is C21H18N4O4S2. The average molecular weight is 455 g/mol. The van der Waals surface area contributed by atoms with Crippen molar-refractivity contribution in [1.82, 2.24) is 9.55 Å². The monoisotopic (exact) mass is 454 g/mol. The third-order valence-electron chi connectivity index (χ3n) is 4.88. The topological polar surface area (TPSA) is 107 Å². The summed E-state index contributed by atoms with van der Waals surface area (Å²) in [7, 11) is 0. The van der Waals surface area contributed by atoms with E-state index in [1.807, 2.05) is 29.8 Å². The summed E-state index contributed by atoms with van der Waals surface area (Å²) >= 11 is 2.95. The first-order chi connectivity index (χ1) is 14.9. The fraction of sp³-hybridized carbons (Fsp3) is 0.190. The van der Waals surface area contributed by atoms with Crippen LogP contribution in [0.15, 0.2) is 45.9 Å². The highest BCUT2D eigenvalue weighted by Gasteiger charge is 2.19. The lowest BCUT2D eigenvalue weighted by Crippen LogP contribution is -2.31. The zero-order valence-electron chi connectivity index (χ0n) is 16.7. The number of aromatic nitrogens is 2. The van der Waals surface area contributed by atoms with E-state index in [1.54, 1.807) is 13.0 Å². The second kappa shape index (κ2) is 8.40. The molecule has 158 valence electrons. The largest absolute Gasteiger partial charge is 0.324 e. The highest BCUT2D eigenvalue weighted by Crippen LogP contribution is 2.33. The number of nitro groups is 1. The van der Waals surface area contributed by atoms with Gasteiger partial charge in [0, 0.05) is 34.4 Å². The quantitative estimate of drug-likeness (QED) is 0.338. The van der Waals surface area contributed by atoms with E-state index in [1.165, 1.54) is 39.4 Å². The van der Waals surface area contributed by atoms with Crippen LogP contribution in [-0.2, 0) is 17.8 Å². The van der Waals surface area contributed by atoms with E-state index in [-0.39, 0.29) is 17.8 Å². The molecular weight excluding hydrogens is 436 g/mol. The fourth-order valence-electron chi connectivity index (χ4n) is 3.30. The maximum atomic E-state index is 13.3. The molecule has 0 aliphatic carbocycles. The number of benzene rings is 1. The van der Waals surface area contributed by atoms with Gasteiger partial charge in [0.25, 0.3) is 11.2 Å². The second-order valence-corrected chi connectivity index (χ2v) is 8.69. The van der Waals surface area contributed by atoms with Gasteiger partial charge in [0.1, 0.15) is 17.2 Å². The number of non-ortho nitro benzene ring substituents is 1. The molecule has 4 rings (SSSR count). The number of aryl methyl sites for hydroxylation is 2. The number of amides is 1. The molecule has 0 unspecified atom stereocenters. The third-order valence-corrected chi connectivity index (χ3v) is 6.66. The molecule has 0 radical (unpaired) electrons. The van der Waals surface area contributed by atoms with E-state index >= 15 is 0 Å². The Kier molecular flexibility index (Phi) is 5.66. The highest BCUT2D eigenvalue weighted by atomic mass is 32.1. The molecule has 0 spiro atoms. The van der Waals surface area contributed by atoms with Crippen LogP contribution in [0.25, 0.3) is 20.7 Å². The number of carbonyl (C=O) groups is 1. The van der Waals surface area contributed by atoms with Gasteiger partial charge in [0.2, 0.25) is 5.91 Å². The second-order valence-electron chi connectivity index (χ2n) is 6.88. The molecule has 1 aromatic carbocycles. The Morgan fingerprint density at radius 1 is 1.29 bits per heavy atom. The van der Waals surface area contributed by atoms with Crippen LogP contribution in [0.4, 0.5) is 11.4 Å². The van der Waals surface area contributed by atoms with E-state index in [9.17, 15) is 19.7 Å². The van der Waals surface area contributed by atoms with Gasteiger partial charge in [-0.2, -0.15) is 0 Å². The molecule has 0 bridgehead atoms. The van der Waals surface area contributed by atoms with Crippen LogP contribution in [0, 0.1) is 17.0 Å². The first-order valence-corrected chi connectivity index (χ1v) is 11.2. The number of hydrogen-bond donors (Lipinski definition) is 1. The molecule has 10 heteroatoms. The highest BCUT2D eigenvalue weighted by molar-refractivity contribution is 7.18. The summed E-state index contributed by atoms with van der Waals surface area (Å²) in [6.45, 7) is 3.39. The smallest absolute Gasteiger partial charge is 0.271 e. The van der Waals surface area contributed by atoms with Crippen LogP contribution >= 0.6 is 22.7 Å². The van der Waals surface area contributed by atoms with Crippen molar-refractivity contribution in [2.24, 2.45) is 0 Å². The molecule has 1 N–H and O–H groups in total. The summed E-state index contributed by atoms with van der Waals surface area (Å²) in [6.07, 6.45) is 0.487. The number of carbonyl (C=O) groups excluding carboxylic acids is 1. The Labute approximate surface area is 185 Å². The number of thiophene rings is 2. The molecule has 1 amide bonds. The zero-order valence-corrected chi connectivity index (χ0v) is 18.4. The van der Waals surface area contributed by atoms with Crippen molar-refractivity contribution in [3.05, 3.63) is 72.9 Å². The first-order valence-electron chi connectivity index (χ1n) is 9.48. The van der Waals surface area contributed by atoms with Gasteiger partial charge in [-0.25, -0.2) is 4.98 Å². The van der Waals surface area contributed by atoms with Crippen LogP contribution in [0.1, 0.15) is 18.3 Å². The van der Waals surface area contributed by atoms with Crippen molar-refractivity contribution in [2.45, 2.75) is 26.8 Å². The molecule has 0 aliphatic heterocycles. The Balaban J connectivity index is 1.71. The van der Waals surface area contributed by atoms with E-state index < -0.39 is 10.8 Å². The lowest BCUT2D eigenvalue weighted by atomic mass is 10.2. The van der Waals surface area contributed by atoms with Crippen molar-refractivity contribution in [1.29, 1.82) is 0 Å². The number of fused-ring (bicyclic) bond motifs is 1. The van der Waals surface area contributed by atoms with E-state index in [0.29, 0.717) is 33.7 Å². The molecule has 8 nitrogen and oxygen atoms in total. The molecule has 0 saturated heterocycles. The van der Waals surface area contributed by atoms with Crippen molar-refractivity contribution in [3.63, 3.8) is 0 Å². The van der Waals surface area contributed by atoms with Gasteiger partial charge in [-0.15, -0.1) is 22.7 Å². The van der Waals surface area contributed by atoms with Crippen LogP contribution in [0.2, 0.25) is 0 Å². The van der Waals surface area contributed by atoms with Gasteiger partial charge in [-0.05, 0) is 23.9 Å². The normalized spacial score (nSPS) is 11.0. The molecule has 0 saturated carbocycles. The minimum absolute atomic E-state index is 0.116. The van der Waals surface area contributed by atoms with Crippen molar-refractivity contribution in [3.8, 4) is 10.4 Å². The number of nitrogens with zero attached hydrogens (tertiary/aromatic N) is 3. The molecule has 0 atom stereocenters. The molecule has 4 aromatic rings. The Hall–Kier alpha value is -3.37. The summed E-state index contributed by atoms with van der Waals surface area (Å²) in [5.41, 5.74) is 1.47. The van der Waals surface area contributed by atoms with Crippen molar-refractivity contribution < 1.29 is 9.72 Å². The summed E-state index contributed by atoms with van der Waals surface area (Å²) in [4.78, 5) is 42.9. The summed E-state index contributed by atoms with van der Waals surface area (Å²) in [6, 6.07) is 8.13. The predicted molar refractivity (Wildman–Crippen MR) is 123 cm³/mol. The van der Waals surface area contributed by atoms with Crippen LogP contribution in [0.3, 0.4) is 0 Å². The summed E-state index contributed by atoms with van der Waals surface area (Å²) in [5.74, 6) is 0.0671. The van der Waals surface area contributed by atoms with Crippen molar-refractivity contribution >= 4 is 50.2 Å². The minimum Gasteiger partial charge on any atom is -0.324 e. The number of rotatable bonds is 6. The zero-order chi connectivity index (χ0) is 22.1. The Morgan fingerprint density at radius 2 is 2.10 bits per heavy atom. The maximum absolute atomic E-state index is 13.3. The van der Waals surface area contributed by atoms with E-state index in [2.05, 4.69) is 10.3 Å². The standard InChI is InChI=1S/C21H18N4O4S2/c1-3-17-23-20-19(14(11-31-20)16-5-4-8-30-16)21(27)24(17)10-18(26)22-15-9-13(25(28)29)7-6-12(15)2/h4-9,11H,3,10H2,1-2H3,(H,22,26). The Bertz CT molecular complexity index is 1360. The lowest BCUT2D eigenvalue weighted by molar-refractivity contribution is -0.384. The Morgan fingerprint density at radius 3 is 2.77 bits per heavy atom. The third kappa shape index (κ3) is 3.99. The fourth-order valence-corrected chi connectivity index (χ4v) is 5.08. The summed E-state index contributed by atoms with van der Waals surface area (Å²) < 4.78 is 1.38. The number of nitro benzene ring substituents is 1. The van der Waals surface area contributed by atoms with Crippen LogP contribution in [0.5, 0.6) is 0 Å². The lowest BCUT2D eigenvalue weighted by Gasteiger charge is -2.13. The molecule has 3 heterocycles. The molecule has 31 heavy (non-hydrogen) atoms. The van der Waals surface area contributed by atoms with Crippen LogP contribution < -0.4 is 10.9 Å². The van der Waals surface area contributed by atoms with Gasteiger partial charge in [-0.1, -0.05) is 19.1 Å². The molecule has 3 aromatic heterocycles. The van der Waals surface area contributed by atoms with Gasteiger partial charge in [-0.3, -0.25) is 24.3 Å². The number of anilines is 1. The average Bonchev–Trinajstić information content (AvgIpc) is 3.41. The predicted octanol–water partition coefficient (Wildman–Crippen LogP) is 4.60.